The molecule has 18 heavy (non-hydrogen) atoms. The van der Waals surface area contributed by atoms with Crippen LogP contribution in [0.4, 0.5) is 4.39 Å². The summed E-state index contributed by atoms with van der Waals surface area (Å²) in [5, 5.41) is 3.36. The molecular formula is C14H19BrFNO. The van der Waals surface area contributed by atoms with Gasteiger partial charge in [0.1, 0.15) is 11.6 Å². The molecule has 1 fully saturated rings. The van der Waals surface area contributed by atoms with Crippen molar-refractivity contribution in [1.82, 2.24) is 5.32 Å². The summed E-state index contributed by atoms with van der Waals surface area (Å²) in [5.41, 5.74) is 1.04. The van der Waals surface area contributed by atoms with Crippen molar-refractivity contribution in [3.63, 3.8) is 0 Å². The van der Waals surface area contributed by atoms with Crippen LogP contribution in [-0.2, 0) is 0 Å². The van der Waals surface area contributed by atoms with Gasteiger partial charge in [-0.2, -0.15) is 0 Å². The highest BCUT2D eigenvalue weighted by Crippen LogP contribution is 2.40. The van der Waals surface area contributed by atoms with Crippen LogP contribution in [0.15, 0.2) is 16.6 Å². The summed E-state index contributed by atoms with van der Waals surface area (Å²) in [6, 6.07) is 3.53. The molecule has 1 atom stereocenters. The molecule has 1 aliphatic carbocycles. The van der Waals surface area contributed by atoms with Crippen molar-refractivity contribution in [2.45, 2.75) is 31.7 Å². The third kappa shape index (κ3) is 2.69. The average Bonchev–Trinajstić information content (AvgIpc) is 2.88. The molecular weight excluding hydrogens is 297 g/mol. The lowest BCUT2D eigenvalue weighted by Gasteiger charge is -2.25. The molecule has 1 aromatic carbocycles. The lowest BCUT2D eigenvalue weighted by molar-refractivity contribution is 0.357. The van der Waals surface area contributed by atoms with E-state index in [2.05, 4.69) is 21.2 Å². The zero-order chi connectivity index (χ0) is 13.1. The van der Waals surface area contributed by atoms with E-state index in [1.54, 1.807) is 7.11 Å². The lowest BCUT2D eigenvalue weighted by Crippen LogP contribution is -2.24. The Labute approximate surface area is 116 Å². The van der Waals surface area contributed by atoms with Crippen LogP contribution in [0.5, 0.6) is 5.75 Å². The zero-order valence-electron chi connectivity index (χ0n) is 10.8. The number of nitrogens with one attached hydrogen (secondary N) is 1. The van der Waals surface area contributed by atoms with Crippen LogP contribution in [0.25, 0.3) is 0 Å². The largest absolute Gasteiger partial charge is 0.496 e. The summed E-state index contributed by atoms with van der Waals surface area (Å²) in [6.45, 7) is 0. The fourth-order valence-corrected chi connectivity index (χ4v) is 3.26. The fraction of sp³-hybridized carbons (Fsp3) is 0.571. The van der Waals surface area contributed by atoms with Crippen molar-refractivity contribution in [3.05, 3.63) is 28.0 Å². The Balaban J connectivity index is 2.37. The minimum absolute atomic E-state index is 0.236. The van der Waals surface area contributed by atoms with Gasteiger partial charge in [0.2, 0.25) is 0 Å². The first-order valence-electron chi connectivity index (χ1n) is 6.37. The molecule has 2 rings (SSSR count). The van der Waals surface area contributed by atoms with Crippen LogP contribution in [0.1, 0.15) is 37.3 Å². The second-order valence-electron chi connectivity index (χ2n) is 4.82. The van der Waals surface area contributed by atoms with Crippen molar-refractivity contribution in [1.29, 1.82) is 0 Å². The quantitative estimate of drug-likeness (QED) is 0.905. The smallest absolute Gasteiger partial charge is 0.141 e. The van der Waals surface area contributed by atoms with Gasteiger partial charge < -0.3 is 10.1 Å². The Hall–Kier alpha value is -0.610. The zero-order valence-corrected chi connectivity index (χ0v) is 12.4. The second-order valence-corrected chi connectivity index (χ2v) is 5.67. The average molecular weight is 316 g/mol. The van der Waals surface area contributed by atoms with Crippen molar-refractivity contribution >= 4 is 15.9 Å². The first-order chi connectivity index (χ1) is 8.67. The molecule has 1 N–H and O–H groups in total. The minimum atomic E-state index is -0.281. The molecule has 0 spiro atoms. The number of methoxy groups -OCH3 is 1. The van der Waals surface area contributed by atoms with Crippen molar-refractivity contribution in [3.8, 4) is 5.75 Å². The van der Waals surface area contributed by atoms with Gasteiger partial charge in [0.05, 0.1) is 11.6 Å². The number of hydrogen-bond acceptors (Lipinski definition) is 2. The molecule has 1 unspecified atom stereocenters. The normalized spacial score (nSPS) is 18.0. The summed E-state index contributed by atoms with van der Waals surface area (Å²) in [5.74, 6) is 0.958. The molecule has 100 valence electrons. The van der Waals surface area contributed by atoms with Crippen LogP contribution in [-0.4, -0.2) is 14.2 Å². The van der Waals surface area contributed by atoms with E-state index in [1.165, 1.54) is 31.7 Å². The number of benzene rings is 1. The van der Waals surface area contributed by atoms with E-state index >= 15 is 0 Å². The molecule has 0 bridgehead atoms. The van der Waals surface area contributed by atoms with E-state index in [1.807, 2.05) is 13.1 Å². The summed E-state index contributed by atoms with van der Waals surface area (Å²) in [7, 11) is 3.55. The molecule has 0 aliphatic heterocycles. The van der Waals surface area contributed by atoms with Crippen LogP contribution in [0, 0.1) is 11.7 Å². The van der Waals surface area contributed by atoms with E-state index < -0.39 is 0 Å². The number of ether oxygens (including phenoxy) is 1. The maximum atomic E-state index is 13.5. The molecule has 0 amide bonds. The van der Waals surface area contributed by atoms with Crippen LogP contribution < -0.4 is 10.1 Å². The van der Waals surface area contributed by atoms with Gasteiger partial charge >= 0.3 is 0 Å². The minimum Gasteiger partial charge on any atom is -0.496 e. The van der Waals surface area contributed by atoms with E-state index in [9.17, 15) is 4.39 Å². The highest BCUT2D eigenvalue weighted by molar-refractivity contribution is 9.10. The SMILES string of the molecule is CNC(c1cc(Br)c(F)cc1OC)C1CCCC1. The van der Waals surface area contributed by atoms with E-state index in [4.69, 9.17) is 4.74 Å². The maximum Gasteiger partial charge on any atom is 0.141 e. The van der Waals surface area contributed by atoms with Crippen molar-refractivity contribution in [2.75, 3.05) is 14.2 Å². The molecule has 1 aliphatic rings. The predicted molar refractivity (Wildman–Crippen MR) is 74.4 cm³/mol. The molecule has 0 aromatic heterocycles. The van der Waals surface area contributed by atoms with E-state index in [0.717, 1.165) is 5.56 Å². The van der Waals surface area contributed by atoms with Gasteiger partial charge in [-0.25, -0.2) is 4.39 Å². The lowest BCUT2D eigenvalue weighted by atomic mass is 9.91. The Kier molecular flexibility index (Phi) is 4.62. The molecule has 2 nitrogen and oxygen atoms in total. The second kappa shape index (κ2) is 6.02. The Morgan fingerprint density at radius 2 is 2.06 bits per heavy atom. The highest BCUT2D eigenvalue weighted by atomic mass is 79.9. The highest BCUT2D eigenvalue weighted by Gasteiger charge is 2.28. The van der Waals surface area contributed by atoms with Gasteiger partial charge in [-0.3, -0.25) is 0 Å². The topological polar surface area (TPSA) is 21.3 Å². The molecule has 4 heteroatoms. The molecule has 0 radical (unpaired) electrons. The standard InChI is InChI=1S/C14H19BrFNO/c1-17-14(9-5-3-4-6-9)10-7-11(15)12(16)8-13(10)18-2/h7-9,14,17H,3-6H2,1-2H3. The van der Waals surface area contributed by atoms with E-state index in [0.29, 0.717) is 16.1 Å². The number of halogens is 2. The Morgan fingerprint density at radius 3 is 2.61 bits per heavy atom. The van der Waals surface area contributed by atoms with Crippen LogP contribution in [0.3, 0.4) is 0 Å². The van der Waals surface area contributed by atoms with Gasteiger partial charge in [-0.1, -0.05) is 12.8 Å². The van der Waals surface area contributed by atoms with Crippen molar-refractivity contribution in [2.24, 2.45) is 5.92 Å². The van der Waals surface area contributed by atoms with Crippen molar-refractivity contribution < 1.29 is 9.13 Å². The maximum absolute atomic E-state index is 13.5. The van der Waals surface area contributed by atoms with Gasteiger partial charge in [-0.15, -0.1) is 0 Å². The Morgan fingerprint density at radius 1 is 1.39 bits per heavy atom. The predicted octanol–water partition coefficient (Wildman–Crippen LogP) is 4.05. The monoisotopic (exact) mass is 315 g/mol. The third-order valence-electron chi connectivity index (χ3n) is 3.79. The molecule has 1 aromatic rings. The summed E-state index contributed by atoms with van der Waals surface area (Å²) in [4.78, 5) is 0. The molecule has 0 heterocycles. The third-order valence-corrected chi connectivity index (χ3v) is 4.40. The summed E-state index contributed by atoms with van der Waals surface area (Å²) < 4.78 is 19.4. The molecule has 1 saturated carbocycles. The van der Waals surface area contributed by atoms with Crippen LogP contribution >= 0.6 is 15.9 Å². The summed E-state index contributed by atoms with van der Waals surface area (Å²) in [6.07, 6.45) is 5.02. The van der Waals surface area contributed by atoms with Gasteiger partial charge in [0.15, 0.2) is 0 Å². The van der Waals surface area contributed by atoms with Gasteiger partial charge in [-0.05, 0) is 47.8 Å². The van der Waals surface area contributed by atoms with Crippen LogP contribution in [0.2, 0.25) is 0 Å². The van der Waals surface area contributed by atoms with Gasteiger partial charge in [0.25, 0.3) is 0 Å². The molecule has 0 saturated heterocycles. The Bertz CT molecular complexity index is 419. The van der Waals surface area contributed by atoms with E-state index in [-0.39, 0.29) is 11.9 Å². The fourth-order valence-electron chi connectivity index (χ4n) is 2.90. The van der Waals surface area contributed by atoms with Gasteiger partial charge in [0, 0.05) is 17.7 Å². The summed E-state index contributed by atoms with van der Waals surface area (Å²) >= 11 is 3.26. The number of hydrogen-bond donors (Lipinski definition) is 1. The first-order valence-corrected chi connectivity index (χ1v) is 7.17. The number of rotatable bonds is 4. The first kappa shape index (κ1) is 13.8.